The highest BCUT2D eigenvalue weighted by atomic mass is 15.0. The lowest BCUT2D eigenvalue weighted by molar-refractivity contribution is 0.467. The van der Waals surface area contributed by atoms with Crippen LogP contribution in [0.15, 0.2) is 18.2 Å². The topological polar surface area (TPSA) is 28.7 Å². The minimum Gasteiger partial charge on any atom is -0.346 e. The van der Waals surface area contributed by atoms with Gasteiger partial charge in [0.05, 0.1) is 11.5 Å². The van der Waals surface area contributed by atoms with E-state index in [1.54, 1.807) is 0 Å². The van der Waals surface area contributed by atoms with Gasteiger partial charge in [-0.2, -0.15) is 5.26 Å². The van der Waals surface area contributed by atoms with E-state index in [0.29, 0.717) is 0 Å². The molecule has 0 fully saturated rings. The van der Waals surface area contributed by atoms with Gasteiger partial charge in [-0.25, -0.2) is 0 Å². The number of fused-ring (bicyclic) bond motifs is 3. The molecule has 0 amide bonds. The van der Waals surface area contributed by atoms with Crippen molar-refractivity contribution in [3.63, 3.8) is 0 Å². The molecule has 0 bridgehead atoms. The Bertz CT molecular complexity index is 672. The molecule has 1 atom stereocenters. The standard InChI is InChI=1S/C16H18N2/c1-11-6-7-14-13(9-11)12-5-4-8-16(2,10-17)15(12)18(14)3/h6-7,9H,4-5,8H2,1-3H3/t16-/m1/s1. The van der Waals surface area contributed by atoms with Crippen molar-refractivity contribution in [1.29, 1.82) is 5.26 Å². The lowest BCUT2D eigenvalue weighted by Crippen LogP contribution is -2.27. The molecule has 2 heteroatoms. The molecule has 1 aliphatic rings. The third-order valence-corrected chi connectivity index (χ3v) is 4.33. The molecule has 0 unspecified atom stereocenters. The molecule has 0 saturated carbocycles. The van der Waals surface area contributed by atoms with E-state index >= 15 is 0 Å². The molecule has 2 nitrogen and oxygen atoms in total. The Morgan fingerprint density at radius 1 is 1.39 bits per heavy atom. The van der Waals surface area contributed by atoms with Crippen molar-refractivity contribution in [2.24, 2.45) is 7.05 Å². The van der Waals surface area contributed by atoms with Crippen LogP contribution in [-0.2, 0) is 18.9 Å². The monoisotopic (exact) mass is 238 g/mol. The lowest BCUT2D eigenvalue weighted by atomic mass is 9.75. The quantitative estimate of drug-likeness (QED) is 0.689. The van der Waals surface area contributed by atoms with Crippen molar-refractivity contribution < 1.29 is 0 Å². The van der Waals surface area contributed by atoms with Crippen molar-refractivity contribution in [3.8, 4) is 6.07 Å². The van der Waals surface area contributed by atoms with Gasteiger partial charge < -0.3 is 4.57 Å². The van der Waals surface area contributed by atoms with Crippen LogP contribution in [0.3, 0.4) is 0 Å². The lowest BCUT2D eigenvalue weighted by Gasteiger charge is -2.28. The van der Waals surface area contributed by atoms with Crippen LogP contribution in [0.1, 0.15) is 36.6 Å². The van der Waals surface area contributed by atoms with Crippen LogP contribution < -0.4 is 0 Å². The molecule has 0 radical (unpaired) electrons. The van der Waals surface area contributed by atoms with E-state index < -0.39 is 0 Å². The van der Waals surface area contributed by atoms with Crippen LogP contribution in [0.4, 0.5) is 0 Å². The van der Waals surface area contributed by atoms with Crippen molar-refractivity contribution >= 4 is 10.9 Å². The number of nitrogens with zero attached hydrogens (tertiary/aromatic N) is 2. The van der Waals surface area contributed by atoms with Gasteiger partial charge in [0.15, 0.2) is 0 Å². The summed E-state index contributed by atoms with van der Waals surface area (Å²) in [6, 6.07) is 9.12. The Morgan fingerprint density at radius 3 is 2.89 bits per heavy atom. The highest BCUT2D eigenvalue weighted by Crippen LogP contribution is 2.41. The molecule has 18 heavy (non-hydrogen) atoms. The maximum atomic E-state index is 9.54. The number of nitriles is 1. The largest absolute Gasteiger partial charge is 0.346 e. The van der Waals surface area contributed by atoms with Gasteiger partial charge in [0.1, 0.15) is 0 Å². The number of benzene rings is 1. The highest BCUT2D eigenvalue weighted by Gasteiger charge is 2.36. The normalized spacial score (nSPS) is 22.8. The molecule has 1 heterocycles. The van der Waals surface area contributed by atoms with Gasteiger partial charge in [0, 0.05) is 23.6 Å². The Kier molecular flexibility index (Phi) is 2.28. The van der Waals surface area contributed by atoms with Crippen molar-refractivity contribution in [2.75, 3.05) is 0 Å². The van der Waals surface area contributed by atoms with E-state index in [0.717, 1.165) is 19.3 Å². The molecule has 0 aliphatic heterocycles. The van der Waals surface area contributed by atoms with Crippen LogP contribution in [0.2, 0.25) is 0 Å². The zero-order chi connectivity index (χ0) is 12.9. The summed E-state index contributed by atoms with van der Waals surface area (Å²) >= 11 is 0. The average Bonchev–Trinajstić information content (AvgIpc) is 2.64. The summed E-state index contributed by atoms with van der Waals surface area (Å²) in [6.07, 6.45) is 3.19. The fourth-order valence-corrected chi connectivity index (χ4v) is 3.44. The molecule has 3 rings (SSSR count). The van der Waals surface area contributed by atoms with E-state index in [4.69, 9.17) is 0 Å². The minimum atomic E-state index is -0.324. The second kappa shape index (κ2) is 3.62. The van der Waals surface area contributed by atoms with E-state index in [2.05, 4.69) is 49.7 Å². The number of hydrogen-bond acceptors (Lipinski definition) is 1. The summed E-state index contributed by atoms with van der Waals surface area (Å²) in [5.74, 6) is 0. The second-order valence-electron chi connectivity index (χ2n) is 5.70. The van der Waals surface area contributed by atoms with Crippen LogP contribution in [0.25, 0.3) is 10.9 Å². The molecule has 1 aliphatic carbocycles. The average molecular weight is 238 g/mol. The fourth-order valence-electron chi connectivity index (χ4n) is 3.44. The van der Waals surface area contributed by atoms with E-state index in [1.165, 1.54) is 27.7 Å². The third kappa shape index (κ3) is 1.34. The molecule has 2 aromatic rings. The van der Waals surface area contributed by atoms with Crippen LogP contribution >= 0.6 is 0 Å². The Balaban J connectivity index is 2.42. The summed E-state index contributed by atoms with van der Waals surface area (Å²) in [4.78, 5) is 0. The van der Waals surface area contributed by atoms with Crippen LogP contribution in [0, 0.1) is 18.3 Å². The second-order valence-corrected chi connectivity index (χ2v) is 5.70. The first-order valence-corrected chi connectivity index (χ1v) is 6.56. The zero-order valence-corrected chi connectivity index (χ0v) is 11.2. The first-order valence-electron chi connectivity index (χ1n) is 6.56. The van der Waals surface area contributed by atoms with Gasteiger partial charge in [-0.3, -0.25) is 0 Å². The molecule has 0 saturated heterocycles. The van der Waals surface area contributed by atoms with Crippen molar-refractivity contribution in [1.82, 2.24) is 4.57 Å². The Labute approximate surface area is 108 Å². The first-order chi connectivity index (χ1) is 8.57. The Hall–Kier alpha value is -1.75. The SMILES string of the molecule is Cc1ccc2c(c1)c1c(n2C)[C@@](C)(C#N)CCC1. The maximum Gasteiger partial charge on any atom is 0.0948 e. The number of hydrogen-bond donors (Lipinski definition) is 0. The van der Waals surface area contributed by atoms with E-state index in [1.807, 2.05) is 0 Å². The smallest absolute Gasteiger partial charge is 0.0948 e. The fraction of sp³-hybridized carbons (Fsp3) is 0.438. The number of aryl methyl sites for hydroxylation is 3. The van der Waals surface area contributed by atoms with Crippen LogP contribution in [-0.4, -0.2) is 4.57 Å². The minimum absolute atomic E-state index is 0.324. The van der Waals surface area contributed by atoms with E-state index in [-0.39, 0.29) is 5.41 Å². The molecule has 1 aromatic heterocycles. The van der Waals surface area contributed by atoms with Gasteiger partial charge in [-0.15, -0.1) is 0 Å². The summed E-state index contributed by atoms with van der Waals surface area (Å²) in [5.41, 5.74) is 4.85. The summed E-state index contributed by atoms with van der Waals surface area (Å²) in [5, 5.41) is 10.9. The predicted molar refractivity (Wildman–Crippen MR) is 73.6 cm³/mol. The van der Waals surface area contributed by atoms with Gasteiger partial charge in [0.2, 0.25) is 0 Å². The van der Waals surface area contributed by atoms with E-state index in [9.17, 15) is 5.26 Å². The highest BCUT2D eigenvalue weighted by molar-refractivity contribution is 5.87. The van der Waals surface area contributed by atoms with Gasteiger partial charge in [-0.05, 0) is 50.8 Å². The molecular formula is C16H18N2. The zero-order valence-electron chi connectivity index (χ0n) is 11.2. The number of rotatable bonds is 0. The van der Waals surface area contributed by atoms with Gasteiger partial charge >= 0.3 is 0 Å². The van der Waals surface area contributed by atoms with Crippen molar-refractivity contribution in [2.45, 2.75) is 38.5 Å². The molecular weight excluding hydrogens is 220 g/mol. The number of aromatic nitrogens is 1. The first kappa shape index (κ1) is 11.3. The third-order valence-electron chi connectivity index (χ3n) is 4.33. The molecule has 0 spiro atoms. The van der Waals surface area contributed by atoms with Crippen molar-refractivity contribution in [3.05, 3.63) is 35.0 Å². The summed E-state index contributed by atoms with van der Waals surface area (Å²) in [7, 11) is 2.09. The molecule has 0 N–H and O–H groups in total. The Morgan fingerprint density at radius 2 is 2.17 bits per heavy atom. The maximum absolute atomic E-state index is 9.54. The van der Waals surface area contributed by atoms with Crippen LogP contribution in [0.5, 0.6) is 0 Å². The summed E-state index contributed by atoms with van der Waals surface area (Å²) < 4.78 is 2.23. The molecule has 92 valence electrons. The molecule has 1 aromatic carbocycles. The van der Waals surface area contributed by atoms with Gasteiger partial charge in [-0.1, -0.05) is 11.6 Å². The summed E-state index contributed by atoms with van der Waals surface area (Å²) in [6.45, 7) is 4.21. The predicted octanol–water partition coefficient (Wildman–Crippen LogP) is 3.60. The van der Waals surface area contributed by atoms with Gasteiger partial charge in [0.25, 0.3) is 0 Å².